The molecule has 0 radical (unpaired) electrons. The van der Waals surface area contributed by atoms with E-state index in [0.29, 0.717) is 23.7 Å². The summed E-state index contributed by atoms with van der Waals surface area (Å²) < 4.78 is 16.4. The number of methoxy groups -OCH3 is 2. The Morgan fingerprint density at radius 1 is 0.931 bits per heavy atom. The highest BCUT2D eigenvalue weighted by atomic mass is 16.5. The molecule has 0 unspecified atom stereocenters. The molecule has 0 atom stereocenters. The van der Waals surface area contributed by atoms with Gasteiger partial charge >= 0.3 is 0 Å². The Morgan fingerprint density at radius 3 is 2.38 bits per heavy atom. The molecule has 0 bridgehead atoms. The first-order chi connectivity index (χ1) is 14.1. The molecule has 0 aliphatic carbocycles. The van der Waals surface area contributed by atoms with E-state index in [4.69, 9.17) is 14.2 Å². The number of benzene rings is 3. The van der Waals surface area contributed by atoms with Crippen molar-refractivity contribution in [3.8, 4) is 23.0 Å². The van der Waals surface area contributed by atoms with Crippen molar-refractivity contribution in [2.45, 2.75) is 6.61 Å². The second-order valence-electron chi connectivity index (χ2n) is 6.28. The third kappa shape index (κ3) is 5.39. The van der Waals surface area contributed by atoms with Crippen molar-refractivity contribution in [2.24, 2.45) is 0 Å². The Morgan fingerprint density at radius 2 is 1.69 bits per heavy atom. The molecule has 0 aliphatic heterocycles. The van der Waals surface area contributed by atoms with Crippen molar-refractivity contribution < 1.29 is 24.1 Å². The number of hydrogen-bond donors (Lipinski definition) is 1. The van der Waals surface area contributed by atoms with Crippen molar-refractivity contribution in [3.63, 3.8) is 0 Å². The molecule has 0 aliphatic rings. The summed E-state index contributed by atoms with van der Waals surface area (Å²) in [6, 6.07) is 19.2. The van der Waals surface area contributed by atoms with Gasteiger partial charge in [0, 0.05) is 11.1 Å². The summed E-state index contributed by atoms with van der Waals surface area (Å²) in [7, 11) is 3.22. The minimum absolute atomic E-state index is 0.0617. The van der Waals surface area contributed by atoms with Crippen LogP contribution in [0.1, 0.15) is 21.5 Å². The average molecular weight is 390 g/mol. The van der Waals surface area contributed by atoms with Crippen LogP contribution in [0.25, 0.3) is 6.08 Å². The van der Waals surface area contributed by atoms with Crippen LogP contribution < -0.4 is 14.2 Å². The maximum absolute atomic E-state index is 12.3. The van der Waals surface area contributed by atoms with Gasteiger partial charge in [0.15, 0.2) is 5.78 Å². The SMILES string of the molecule is COc1ccc(OCc2cc(/C=C/C(=O)c3cccc(O)c3)ccc2OC)cc1. The lowest BCUT2D eigenvalue weighted by Gasteiger charge is -2.11. The van der Waals surface area contributed by atoms with Gasteiger partial charge in [-0.3, -0.25) is 4.79 Å². The first kappa shape index (κ1) is 20.0. The maximum atomic E-state index is 12.3. The Bertz CT molecular complexity index is 1010. The molecule has 0 fully saturated rings. The first-order valence-electron chi connectivity index (χ1n) is 9.04. The van der Waals surface area contributed by atoms with Gasteiger partial charge in [-0.2, -0.15) is 0 Å². The molecule has 3 rings (SSSR count). The van der Waals surface area contributed by atoms with Gasteiger partial charge in [-0.1, -0.05) is 24.3 Å². The number of phenolic OH excluding ortho intramolecular Hbond substituents is 1. The van der Waals surface area contributed by atoms with Gasteiger partial charge in [-0.15, -0.1) is 0 Å². The number of aromatic hydroxyl groups is 1. The van der Waals surface area contributed by atoms with E-state index >= 15 is 0 Å². The average Bonchev–Trinajstić information content (AvgIpc) is 2.76. The molecule has 3 aromatic rings. The Kier molecular flexibility index (Phi) is 6.53. The highest BCUT2D eigenvalue weighted by molar-refractivity contribution is 6.07. The molecular weight excluding hydrogens is 368 g/mol. The number of carbonyl (C=O) groups is 1. The van der Waals surface area contributed by atoms with Crippen LogP contribution in [0.5, 0.6) is 23.0 Å². The van der Waals surface area contributed by atoms with Gasteiger partial charge in [-0.05, 0) is 60.2 Å². The molecule has 0 saturated heterocycles. The fourth-order valence-electron chi connectivity index (χ4n) is 2.78. The zero-order valence-corrected chi connectivity index (χ0v) is 16.3. The monoisotopic (exact) mass is 390 g/mol. The predicted octanol–water partition coefficient (Wildman–Crippen LogP) is 4.88. The number of hydrogen-bond acceptors (Lipinski definition) is 5. The lowest BCUT2D eigenvalue weighted by atomic mass is 10.1. The van der Waals surface area contributed by atoms with Crippen LogP contribution in [0, 0.1) is 0 Å². The quantitative estimate of drug-likeness (QED) is 0.438. The number of carbonyl (C=O) groups excluding carboxylic acids is 1. The van der Waals surface area contributed by atoms with Crippen molar-refractivity contribution in [1.29, 1.82) is 0 Å². The number of allylic oxidation sites excluding steroid dienone is 1. The lowest BCUT2D eigenvalue weighted by Crippen LogP contribution is -1.99. The van der Waals surface area contributed by atoms with E-state index in [1.807, 2.05) is 42.5 Å². The predicted molar refractivity (Wildman–Crippen MR) is 112 cm³/mol. The minimum Gasteiger partial charge on any atom is -0.508 e. The van der Waals surface area contributed by atoms with Crippen molar-refractivity contribution in [3.05, 3.63) is 89.5 Å². The highest BCUT2D eigenvalue weighted by Crippen LogP contribution is 2.24. The smallest absolute Gasteiger partial charge is 0.185 e. The third-order valence-electron chi connectivity index (χ3n) is 4.32. The fraction of sp³-hybridized carbons (Fsp3) is 0.125. The summed E-state index contributed by atoms with van der Waals surface area (Å²) in [6.45, 7) is 0.317. The van der Waals surface area contributed by atoms with E-state index in [9.17, 15) is 9.90 Å². The van der Waals surface area contributed by atoms with Crippen molar-refractivity contribution in [2.75, 3.05) is 14.2 Å². The Labute approximate surface area is 169 Å². The third-order valence-corrected chi connectivity index (χ3v) is 4.32. The molecule has 0 aromatic heterocycles. The molecule has 29 heavy (non-hydrogen) atoms. The van der Waals surface area contributed by atoms with E-state index in [-0.39, 0.29) is 11.5 Å². The minimum atomic E-state index is -0.187. The van der Waals surface area contributed by atoms with E-state index < -0.39 is 0 Å². The summed E-state index contributed by atoms with van der Waals surface area (Å²) in [4.78, 5) is 12.3. The topological polar surface area (TPSA) is 65.0 Å². The van der Waals surface area contributed by atoms with E-state index in [1.165, 1.54) is 18.2 Å². The number of ether oxygens (including phenoxy) is 3. The van der Waals surface area contributed by atoms with Crippen LogP contribution >= 0.6 is 0 Å². The molecule has 0 saturated carbocycles. The van der Waals surface area contributed by atoms with Gasteiger partial charge in [-0.25, -0.2) is 0 Å². The molecular formula is C24H22O5. The standard InChI is InChI=1S/C24H22O5/c1-27-21-8-10-22(11-9-21)29-16-19-14-17(7-13-24(19)28-2)6-12-23(26)18-4-3-5-20(25)15-18/h3-15,25H,16H2,1-2H3/b12-6+. The van der Waals surface area contributed by atoms with Gasteiger partial charge in [0.1, 0.15) is 29.6 Å². The van der Waals surface area contributed by atoms with Crippen LogP contribution in [-0.4, -0.2) is 25.1 Å². The molecule has 1 N–H and O–H groups in total. The van der Waals surface area contributed by atoms with Crippen LogP contribution in [0.4, 0.5) is 0 Å². The molecule has 5 nitrogen and oxygen atoms in total. The summed E-state index contributed by atoms with van der Waals surface area (Å²) in [6.07, 6.45) is 3.20. The molecule has 148 valence electrons. The molecule has 3 aromatic carbocycles. The molecule has 5 heteroatoms. The van der Waals surface area contributed by atoms with Crippen LogP contribution in [0.2, 0.25) is 0 Å². The normalized spacial score (nSPS) is 10.7. The number of rotatable bonds is 8. The summed E-state index contributed by atoms with van der Waals surface area (Å²) >= 11 is 0. The van der Waals surface area contributed by atoms with Gasteiger partial charge in [0.25, 0.3) is 0 Å². The summed E-state index contributed by atoms with van der Waals surface area (Å²) in [5, 5.41) is 9.51. The number of ketones is 1. The van der Waals surface area contributed by atoms with E-state index in [1.54, 1.807) is 32.4 Å². The van der Waals surface area contributed by atoms with Crippen LogP contribution in [0.3, 0.4) is 0 Å². The lowest BCUT2D eigenvalue weighted by molar-refractivity contribution is 0.104. The first-order valence-corrected chi connectivity index (χ1v) is 9.04. The Hall–Kier alpha value is -3.73. The van der Waals surface area contributed by atoms with Gasteiger partial charge in [0.05, 0.1) is 14.2 Å². The highest BCUT2D eigenvalue weighted by Gasteiger charge is 2.07. The van der Waals surface area contributed by atoms with Crippen molar-refractivity contribution >= 4 is 11.9 Å². The van der Waals surface area contributed by atoms with Crippen molar-refractivity contribution in [1.82, 2.24) is 0 Å². The fourth-order valence-corrected chi connectivity index (χ4v) is 2.78. The van der Waals surface area contributed by atoms with Gasteiger partial charge < -0.3 is 19.3 Å². The largest absolute Gasteiger partial charge is 0.508 e. The van der Waals surface area contributed by atoms with Gasteiger partial charge in [0.2, 0.25) is 0 Å². The molecule has 0 amide bonds. The Balaban J connectivity index is 1.72. The number of phenols is 1. The molecule has 0 heterocycles. The maximum Gasteiger partial charge on any atom is 0.185 e. The zero-order valence-electron chi connectivity index (χ0n) is 16.3. The zero-order chi connectivity index (χ0) is 20.6. The summed E-state index contributed by atoms with van der Waals surface area (Å²) in [5.74, 6) is 2.06. The summed E-state index contributed by atoms with van der Waals surface area (Å²) in [5.41, 5.74) is 2.13. The second kappa shape index (κ2) is 9.46. The van der Waals surface area contributed by atoms with E-state index in [0.717, 1.165) is 16.9 Å². The molecule has 0 spiro atoms. The van der Waals surface area contributed by atoms with E-state index in [2.05, 4.69) is 0 Å². The second-order valence-corrected chi connectivity index (χ2v) is 6.28. The van der Waals surface area contributed by atoms with Crippen LogP contribution in [-0.2, 0) is 6.61 Å². The van der Waals surface area contributed by atoms with Crippen LogP contribution in [0.15, 0.2) is 72.8 Å².